The molecule has 2 aliphatic rings. The number of nitrogens with two attached hydrogens (primary N) is 1. The molecular weight excluding hydrogens is 443 g/mol. The van der Waals surface area contributed by atoms with Gasteiger partial charge in [-0.25, -0.2) is 9.97 Å². The molecule has 2 fully saturated rings. The molecule has 0 saturated carbocycles. The average molecular weight is 465 g/mol. The first-order valence-corrected chi connectivity index (χ1v) is 10.6. The lowest BCUT2D eigenvalue weighted by molar-refractivity contribution is -0.223. The Bertz CT molecular complexity index is 1170. The average Bonchev–Trinajstić information content (AvgIpc) is 3.31. The number of fused-ring (bicyclic) bond motifs is 2. The van der Waals surface area contributed by atoms with Crippen molar-refractivity contribution in [3.63, 3.8) is 0 Å². The van der Waals surface area contributed by atoms with E-state index in [1.54, 1.807) is 18.2 Å². The number of rotatable bonds is 3. The molecule has 3 N–H and O–H groups in total. The smallest absolute Gasteiger partial charge is 0.165 e. The summed E-state index contributed by atoms with van der Waals surface area (Å²) in [5.41, 5.74) is 6.22. The Hall–Kier alpha value is -1.94. The van der Waals surface area contributed by atoms with Crippen molar-refractivity contribution in [2.45, 2.75) is 56.7 Å². The van der Waals surface area contributed by atoms with Crippen molar-refractivity contribution < 1.29 is 19.3 Å². The van der Waals surface area contributed by atoms with Gasteiger partial charge in [0, 0.05) is 6.20 Å². The number of hydrogen-bond donors (Lipinski definition) is 2. The molecule has 31 heavy (non-hydrogen) atoms. The predicted octanol–water partition coefficient (Wildman–Crippen LogP) is 3.86. The fourth-order valence-electron chi connectivity index (χ4n) is 4.62. The number of benzene rings is 1. The minimum atomic E-state index is -1.04. The monoisotopic (exact) mass is 464 g/mol. The van der Waals surface area contributed by atoms with Crippen LogP contribution in [0.3, 0.4) is 0 Å². The van der Waals surface area contributed by atoms with E-state index in [0.717, 1.165) is 0 Å². The Morgan fingerprint density at radius 1 is 1.16 bits per heavy atom. The second-order valence-electron chi connectivity index (χ2n) is 8.51. The fraction of sp³-hybridized carbons (Fsp3) is 0.429. The lowest BCUT2D eigenvalue weighted by atomic mass is 9.88. The number of nitrogen functional groups attached to an aromatic ring is 1. The Labute approximate surface area is 188 Å². The first kappa shape index (κ1) is 20.9. The third kappa shape index (κ3) is 3.21. The molecule has 2 saturated heterocycles. The molecule has 5 rings (SSSR count). The van der Waals surface area contributed by atoms with Gasteiger partial charge >= 0.3 is 0 Å². The molecule has 1 aromatic carbocycles. The summed E-state index contributed by atoms with van der Waals surface area (Å²) >= 11 is 12.2. The van der Waals surface area contributed by atoms with Gasteiger partial charge in [0.15, 0.2) is 12.0 Å². The maximum Gasteiger partial charge on any atom is 0.165 e. The normalized spacial score (nSPS) is 30.6. The quantitative estimate of drug-likeness (QED) is 0.605. The highest BCUT2D eigenvalue weighted by atomic mass is 35.5. The first-order chi connectivity index (χ1) is 14.6. The third-order valence-electron chi connectivity index (χ3n) is 5.94. The number of ether oxygens (including phenoxy) is 3. The molecule has 0 amide bonds. The molecule has 0 bridgehead atoms. The minimum Gasteiger partial charge on any atom is -0.386 e. The van der Waals surface area contributed by atoms with Crippen molar-refractivity contribution in [3.05, 3.63) is 52.4 Å². The van der Waals surface area contributed by atoms with Gasteiger partial charge < -0.3 is 29.6 Å². The maximum absolute atomic E-state index is 11.3. The van der Waals surface area contributed by atoms with Gasteiger partial charge in [0.1, 0.15) is 41.7 Å². The summed E-state index contributed by atoms with van der Waals surface area (Å²) in [5.74, 6) is -0.491. The predicted molar refractivity (Wildman–Crippen MR) is 116 cm³/mol. The van der Waals surface area contributed by atoms with Crippen molar-refractivity contribution in [1.82, 2.24) is 14.5 Å². The van der Waals surface area contributed by atoms with E-state index >= 15 is 0 Å². The van der Waals surface area contributed by atoms with Crippen LogP contribution in [0, 0.1) is 0 Å². The van der Waals surface area contributed by atoms with Gasteiger partial charge in [-0.15, -0.1) is 0 Å². The molecule has 8 nitrogen and oxygen atoms in total. The fourth-order valence-corrected chi connectivity index (χ4v) is 4.93. The minimum absolute atomic E-state index is 0.349. The summed E-state index contributed by atoms with van der Waals surface area (Å²) < 4.78 is 20.8. The number of aliphatic hydroxyl groups excluding tert-OH is 1. The zero-order chi connectivity index (χ0) is 22.1. The van der Waals surface area contributed by atoms with Crippen molar-refractivity contribution in [1.29, 1.82) is 0 Å². The Kier molecular flexibility index (Phi) is 4.75. The van der Waals surface area contributed by atoms with Gasteiger partial charge in [-0.05, 0) is 44.5 Å². The van der Waals surface area contributed by atoms with Gasteiger partial charge in [0.05, 0.1) is 15.4 Å². The van der Waals surface area contributed by atoms with Gasteiger partial charge in [-0.3, -0.25) is 0 Å². The summed E-state index contributed by atoms with van der Waals surface area (Å²) in [6.07, 6.45) is 0.311. The molecule has 3 aromatic rings. The van der Waals surface area contributed by atoms with E-state index in [9.17, 15) is 5.11 Å². The van der Waals surface area contributed by atoms with E-state index in [1.807, 2.05) is 37.6 Å². The number of anilines is 1. The number of aliphatic hydroxyl groups is 1. The van der Waals surface area contributed by atoms with Crippen LogP contribution in [0.1, 0.15) is 38.7 Å². The van der Waals surface area contributed by atoms with Crippen LogP contribution in [0.15, 0.2) is 36.8 Å². The molecule has 2 aromatic heterocycles. The van der Waals surface area contributed by atoms with Gasteiger partial charge in [0.2, 0.25) is 0 Å². The van der Waals surface area contributed by atoms with Crippen molar-refractivity contribution in [2.24, 2.45) is 0 Å². The topological polar surface area (TPSA) is 105 Å². The number of aromatic nitrogens is 3. The van der Waals surface area contributed by atoms with Crippen molar-refractivity contribution in [2.75, 3.05) is 5.73 Å². The highest BCUT2D eigenvalue weighted by Crippen LogP contribution is 2.53. The maximum atomic E-state index is 11.3. The molecule has 5 atom stereocenters. The summed E-state index contributed by atoms with van der Waals surface area (Å²) in [5, 5.41) is 12.7. The number of halogens is 2. The van der Waals surface area contributed by atoms with Crippen LogP contribution < -0.4 is 5.73 Å². The molecule has 0 radical (unpaired) electrons. The van der Waals surface area contributed by atoms with E-state index in [0.29, 0.717) is 32.5 Å². The standard InChI is InChI=1S/C21H22Cl2N4O4/c1-20(2)30-16-19(27-7-6-11-17(24)25-9-26-18(11)27)29-15(21(16,3)31-20)14(28)10-4-5-12(22)13(23)8-10/h4-9,14-16,19,28H,1-3H3,(H2,24,25,26)/t14?,15?,16-,19+,21+/m0/s1. The highest BCUT2D eigenvalue weighted by Gasteiger charge is 2.65. The summed E-state index contributed by atoms with van der Waals surface area (Å²) in [4.78, 5) is 8.41. The summed E-state index contributed by atoms with van der Waals surface area (Å²) in [7, 11) is 0. The highest BCUT2D eigenvalue weighted by molar-refractivity contribution is 6.42. The Morgan fingerprint density at radius 3 is 2.68 bits per heavy atom. The molecular formula is C21H22Cl2N4O4. The van der Waals surface area contributed by atoms with Crippen LogP contribution in [0.2, 0.25) is 10.0 Å². The van der Waals surface area contributed by atoms with E-state index in [2.05, 4.69) is 9.97 Å². The van der Waals surface area contributed by atoms with E-state index in [-0.39, 0.29) is 0 Å². The van der Waals surface area contributed by atoms with E-state index < -0.39 is 35.9 Å². The van der Waals surface area contributed by atoms with Crippen molar-refractivity contribution in [3.8, 4) is 0 Å². The van der Waals surface area contributed by atoms with Crippen LogP contribution in [-0.4, -0.2) is 43.2 Å². The molecule has 164 valence electrons. The van der Waals surface area contributed by atoms with Crippen molar-refractivity contribution >= 4 is 40.1 Å². The number of nitrogens with zero attached hydrogens (tertiary/aromatic N) is 3. The molecule has 0 aliphatic carbocycles. The van der Waals surface area contributed by atoms with Gasteiger partial charge in [0.25, 0.3) is 0 Å². The largest absolute Gasteiger partial charge is 0.386 e. The Balaban J connectivity index is 1.58. The Morgan fingerprint density at radius 2 is 1.94 bits per heavy atom. The molecule has 10 heteroatoms. The zero-order valence-corrected chi connectivity index (χ0v) is 18.6. The van der Waals surface area contributed by atoms with Crippen LogP contribution >= 0.6 is 23.2 Å². The van der Waals surface area contributed by atoms with Crippen LogP contribution in [-0.2, 0) is 14.2 Å². The van der Waals surface area contributed by atoms with Gasteiger partial charge in [-0.1, -0.05) is 29.3 Å². The zero-order valence-electron chi connectivity index (χ0n) is 17.1. The summed E-state index contributed by atoms with van der Waals surface area (Å²) in [6, 6.07) is 6.82. The molecule has 2 unspecified atom stereocenters. The lowest BCUT2D eigenvalue weighted by Gasteiger charge is -2.32. The molecule has 2 aliphatic heterocycles. The lowest BCUT2D eigenvalue weighted by Crippen LogP contribution is -2.46. The summed E-state index contributed by atoms with van der Waals surface area (Å²) in [6.45, 7) is 5.56. The third-order valence-corrected chi connectivity index (χ3v) is 6.68. The van der Waals surface area contributed by atoms with Crippen LogP contribution in [0.4, 0.5) is 5.82 Å². The second kappa shape index (κ2) is 7.03. The number of hydrogen-bond acceptors (Lipinski definition) is 7. The van der Waals surface area contributed by atoms with Crippen LogP contribution in [0.5, 0.6) is 0 Å². The molecule has 4 heterocycles. The van der Waals surface area contributed by atoms with Crippen LogP contribution in [0.25, 0.3) is 11.0 Å². The van der Waals surface area contributed by atoms with E-state index in [4.69, 9.17) is 43.1 Å². The second-order valence-corrected chi connectivity index (χ2v) is 9.32. The SMILES string of the molecule is CC1(C)O[C@H]2[C@H](n3ccc4c(N)ncnc43)OC(C(O)c3ccc(Cl)c(Cl)c3)[C@@]2(C)O1. The van der Waals surface area contributed by atoms with Gasteiger partial charge in [-0.2, -0.15) is 0 Å². The first-order valence-electron chi connectivity index (χ1n) is 9.84. The van der Waals surface area contributed by atoms with E-state index in [1.165, 1.54) is 6.33 Å². The molecule has 0 spiro atoms.